The second-order valence-electron chi connectivity index (χ2n) is 2.82. The quantitative estimate of drug-likeness (QED) is 0.799. The van der Waals surface area contributed by atoms with Gasteiger partial charge < -0.3 is 0 Å². The first kappa shape index (κ1) is 11.5. The Morgan fingerprint density at radius 3 is 2.12 bits per heavy atom. The first-order valence-electron chi connectivity index (χ1n) is 4.09. The lowest BCUT2D eigenvalue weighted by Gasteiger charge is -2.02. The third kappa shape index (κ3) is 2.40. The summed E-state index contributed by atoms with van der Waals surface area (Å²) in [6.07, 6.45) is 0. The molecule has 0 atom stereocenters. The largest absolute Gasteiger partial charge is 0.227 e. The molecule has 0 spiro atoms. The van der Waals surface area contributed by atoms with Gasteiger partial charge in [-0.05, 0) is 41.4 Å². The summed E-state index contributed by atoms with van der Waals surface area (Å²) in [6.45, 7) is 0. The van der Waals surface area contributed by atoms with Gasteiger partial charge in [-0.2, -0.15) is 15.0 Å². The highest BCUT2D eigenvalue weighted by Gasteiger charge is 2.11. The molecule has 0 bridgehead atoms. The lowest BCUT2D eigenvalue weighted by Crippen LogP contribution is -1.95. The van der Waals surface area contributed by atoms with Crippen LogP contribution in [0.1, 0.15) is 0 Å². The molecule has 0 unspecified atom stereocenters. The molecule has 0 fully saturated rings. The van der Waals surface area contributed by atoms with Crippen LogP contribution in [-0.4, -0.2) is 15.0 Å². The van der Waals surface area contributed by atoms with Crippen LogP contribution >= 0.6 is 34.8 Å². The van der Waals surface area contributed by atoms with Gasteiger partial charge in [-0.1, -0.05) is 11.6 Å². The third-order valence-corrected chi connectivity index (χ3v) is 2.33. The van der Waals surface area contributed by atoms with Crippen LogP contribution in [-0.2, 0) is 0 Å². The predicted molar refractivity (Wildman–Crippen MR) is 60.3 cm³/mol. The Bertz CT molecular complexity index is 527. The van der Waals surface area contributed by atoms with Crippen LogP contribution in [0.3, 0.4) is 0 Å². The number of benzene rings is 1. The lowest BCUT2D eigenvalue weighted by molar-refractivity contribution is 0.630. The van der Waals surface area contributed by atoms with E-state index >= 15 is 0 Å². The maximum atomic E-state index is 13.5. The summed E-state index contributed by atoms with van der Waals surface area (Å²) in [4.78, 5) is 11.1. The van der Waals surface area contributed by atoms with E-state index in [0.29, 0.717) is 0 Å². The smallest absolute Gasteiger partial charge is 0.206 e. The normalized spacial score (nSPS) is 10.5. The second-order valence-corrected chi connectivity index (χ2v) is 3.93. The summed E-state index contributed by atoms with van der Waals surface area (Å²) >= 11 is 16.8. The predicted octanol–water partition coefficient (Wildman–Crippen LogP) is 3.64. The van der Waals surface area contributed by atoms with Crippen LogP contribution in [0.15, 0.2) is 18.2 Å². The Hall–Kier alpha value is -0.970. The Balaban J connectivity index is 2.58. The fourth-order valence-corrected chi connectivity index (χ4v) is 1.64. The molecule has 1 heterocycles. The standard InChI is InChI=1S/C9H3Cl3FN3/c10-4-1-2-5(6(13)3-4)7-14-8(11)16-9(12)15-7/h1-3H. The molecule has 1 aromatic heterocycles. The summed E-state index contributed by atoms with van der Waals surface area (Å²) in [7, 11) is 0. The van der Waals surface area contributed by atoms with Gasteiger partial charge in [0, 0.05) is 5.02 Å². The highest BCUT2D eigenvalue weighted by molar-refractivity contribution is 6.31. The van der Waals surface area contributed by atoms with Gasteiger partial charge >= 0.3 is 0 Å². The molecule has 3 nitrogen and oxygen atoms in total. The van der Waals surface area contributed by atoms with Crippen LogP contribution in [0.25, 0.3) is 11.4 Å². The van der Waals surface area contributed by atoms with Crippen LogP contribution in [0.4, 0.5) is 4.39 Å². The molecule has 0 aliphatic rings. The number of halogens is 4. The van der Waals surface area contributed by atoms with E-state index in [2.05, 4.69) is 15.0 Å². The van der Waals surface area contributed by atoms with Gasteiger partial charge in [-0.3, -0.25) is 0 Å². The first-order valence-corrected chi connectivity index (χ1v) is 5.22. The van der Waals surface area contributed by atoms with E-state index in [4.69, 9.17) is 34.8 Å². The SMILES string of the molecule is Fc1cc(Cl)ccc1-c1nc(Cl)nc(Cl)n1. The number of hydrogen-bond acceptors (Lipinski definition) is 3. The van der Waals surface area contributed by atoms with E-state index in [1.807, 2.05) is 0 Å². The van der Waals surface area contributed by atoms with Crippen molar-refractivity contribution < 1.29 is 4.39 Å². The van der Waals surface area contributed by atoms with Gasteiger partial charge in [-0.15, -0.1) is 0 Å². The second kappa shape index (κ2) is 4.49. The van der Waals surface area contributed by atoms with Gasteiger partial charge in [0.2, 0.25) is 10.6 Å². The molecule has 2 aromatic rings. The van der Waals surface area contributed by atoms with Crippen molar-refractivity contribution >= 4 is 34.8 Å². The summed E-state index contributed by atoms with van der Waals surface area (Å²) in [5.41, 5.74) is 0.163. The average molecular weight is 279 g/mol. The fraction of sp³-hybridized carbons (Fsp3) is 0. The van der Waals surface area contributed by atoms with E-state index in [1.165, 1.54) is 12.1 Å². The van der Waals surface area contributed by atoms with Gasteiger partial charge in [0.1, 0.15) is 5.82 Å². The number of hydrogen-bond donors (Lipinski definition) is 0. The Kier molecular flexibility index (Phi) is 3.23. The molecule has 1 aromatic carbocycles. The summed E-state index contributed by atoms with van der Waals surface area (Å²) in [5.74, 6) is -0.481. The highest BCUT2D eigenvalue weighted by atomic mass is 35.5. The number of rotatable bonds is 1. The summed E-state index contributed by atoms with van der Waals surface area (Å²) in [5, 5.41) is 0.0983. The number of aromatic nitrogens is 3. The summed E-state index contributed by atoms with van der Waals surface area (Å²) < 4.78 is 13.5. The van der Waals surface area contributed by atoms with Gasteiger partial charge in [-0.25, -0.2) is 4.39 Å². The third-order valence-electron chi connectivity index (χ3n) is 1.75. The van der Waals surface area contributed by atoms with E-state index in [-0.39, 0.29) is 27.0 Å². The molecule has 0 radical (unpaired) electrons. The molecular formula is C9H3Cl3FN3. The molecule has 0 amide bonds. The van der Waals surface area contributed by atoms with Crippen molar-refractivity contribution in [3.63, 3.8) is 0 Å². The average Bonchev–Trinajstić information content (AvgIpc) is 2.15. The minimum atomic E-state index is -0.550. The van der Waals surface area contributed by atoms with Crippen LogP contribution in [0, 0.1) is 5.82 Å². The van der Waals surface area contributed by atoms with Crippen molar-refractivity contribution in [1.29, 1.82) is 0 Å². The zero-order valence-electron chi connectivity index (χ0n) is 7.59. The zero-order chi connectivity index (χ0) is 11.7. The minimum Gasteiger partial charge on any atom is -0.206 e. The van der Waals surface area contributed by atoms with Gasteiger partial charge in [0.05, 0.1) is 5.56 Å². The van der Waals surface area contributed by atoms with Crippen LogP contribution in [0.2, 0.25) is 15.6 Å². The molecular weight excluding hydrogens is 275 g/mol. The van der Waals surface area contributed by atoms with E-state index in [9.17, 15) is 4.39 Å². The van der Waals surface area contributed by atoms with Crippen LogP contribution in [0.5, 0.6) is 0 Å². The molecule has 7 heteroatoms. The van der Waals surface area contributed by atoms with Crippen molar-refractivity contribution in [2.75, 3.05) is 0 Å². The van der Waals surface area contributed by atoms with Crippen molar-refractivity contribution in [3.8, 4) is 11.4 Å². The molecule has 82 valence electrons. The molecule has 16 heavy (non-hydrogen) atoms. The molecule has 2 rings (SSSR count). The Labute approximate surface area is 105 Å². The molecule has 0 N–H and O–H groups in total. The van der Waals surface area contributed by atoms with E-state index in [0.717, 1.165) is 6.07 Å². The lowest BCUT2D eigenvalue weighted by atomic mass is 10.2. The first-order chi connectivity index (χ1) is 7.56. The monoisotopic (exact) mass is 277 g/mol. The van der Waals surface area contributed by atoms with E-state index in [1.54, 1.807) is 0 Å². The fourth-order valence-electron chi connectivity index (χ4n) is 1.12. The Morgan fingerprint density at radius 2 is 1.56 bits per heavy atom. The molecule has 0 aliphatic heterocycles. The van der Waals surface area contributed by atoms with Crippen molar-refractivity contribution in [2.45, 2.75) is 0 Å². The minimum absolute atomic E-state index is 0.0687. The maximum Gasteiger partial charge on any atom is 0.227 e. The van der Waals surface area contributed by atoms with E-state index < -0.39 is 5.82 Å². The number of nitrogens with zero attached hydrogens (tertiary/aromatic N) is 3. The Morgan fingerprint density at radius 1 is 0.938 bits per heavy atom. The molecule has 0 aliphatic carbocycles. The molecule has 0 saturated carbocycles. The highest BCUT2D eigenvalue weighted by Crippen LogP contribution is 2.23. The molecule has 0 saturated heterocycles. The van der Waals surface area contributed by atoms with Gasteiger partial charge in [0.15, 0.2) is 5.82 Å². The topological polar surface area (TPSA) is 38.7 Å². The summed E-state index contributed by atoms with van der Waals surface area (Å²) in [6, 6.07) is 4.12. The zero-order valence-corrected chi connectivity index (χ0v) is 9.85. The maximum absolute atomic E-state index is 13.5. The van der Waals surface area contributed by atoms with Crippen LogP contribution < -0.4 is 0 Å². The van der Waals surface area contributed by atoms with Gasteiger partial charge in [0.25, 0.3) is 0 Å². The van der Waals surface area contributed by atoms with Crippen molar-refractivity contribution in [3.05, 3.63) is 39.6 Å². The van der Waals surface area contributed by atoms with Crippen molar-refractivity contribution in [1.82, 2.24) is 15.0 Å². The van der Waals surface area contributed by atoms with Crippen molar-refractivity contribution in [2.24, 2.45) is 0 Å².